The number of nitrogens with zero attached hydrogens (tertiary/aromatic N) is 3. The van der Waals surface area contributed by atoms with Crippen LogP contribution in [0.5, 0.6) is 0 Å². The van der Waals surface area contributed by atoms with Crippen LogP contribution in [0, 0.1) is 6.92 Å². The van der Waals surface area contributed by atoms with E-state index in [0.717, 1.165) is 19.0 Å². The van der Waals surface area contributed by atoms with Crippen LogP contribution >= 0.6 is 24.0 Å². The van der Waals surface area contributed by atoms with Crippen molar-refractivity contribution >= 4 is 29.9 Å². The number of benzene rings is 1. The zero-order valence-electron chi connectivity index (χ0n) is 18.5. The third-order valence-corrected chi connectivity index (χ3v) is 5.45. The van der Waals surface area contributed by atoms with Crippen LogP contribution in [0.2, 0.25) is 0 Å². The topological polar surface area (TPSA) is 42.9 Å². The van der Waals surface area contributed by atoms with Gasteiger partial charge in [0, 0.05) is 31.7 Å². The van der Waals surface area contributed by atoms with E-state index in [0.29, 0.717) is 12.1 Å². The van der Waals surface area contributed by atoms with E-state index in [1.807, 2.05) is 0 Å². The Morgan fingerprint density at radius 3 is 2.29 bits per heavy atom. The Bertz CT molecular complexity index is 577. The van der Waals surface area contributed by atoms with Crippen molar-refractivity contribution in [3.05, 3.63) is 35.4 Å². The number of rotatable bonds is 7. The number of piperidine rings is 1. The summed E-state index contributed by atoms with van der Waals surface area (Å²) in [5.74, 6) is 0.944. The van der Waals surface area contributed by atoms with Crippen molar-refractivity contribution in [2.45, 2.75) is 58.7 Å². The molecule has 2 N–H and O–H groups in total. The number of hydrogen-bond acceptors (Lipinski definition) is 3. The first-order valence-electron chi connectivity index (χ1n) is 10.4. The standard InChI is InChI=1S/C22H39N5.HI/c1-7-23-22(25-20-12-14-27(15-13-20)17(2)3)24-16-21(26(5)6)19-10-8-18(4)9-11-19;/h8-11,17,20-21H,7,12-16H2,1-6H3,(H2,23,24,25);1H. The third kappa shape index (κ3) is 7.87. The Morgan fingerprint density at radius 2 is 1.79 bits per heavy atom. The fourth-order valence-electron chi connectivity index (χ4n) is 3.61. The van der Waals surface area contributed by atoms with E-state index in [2.05, 4.69) is 86.5 Å². The number of halogens is 1. The van der Waals surface area contributed by atoms with Crippen LogP contribution in [0.15, 0.2) is 29.3 Å². The Hall–Kier alpha value is -0.860. The maximum absolute atomic E-state index is 4.92. The van der Waals surface area contributed by atoms with Gasteiger partial charge in [-0.2, -0.15) is 0 Å². The average molecular weight is 502 g/mol. The molecule has 0 aliphatic carbocycles. The predicted octanol–water partition coefficient (Wildman–Crippen LogP) is 3.64. The second kappa shape index (κ2) is 12.6. The van der Waals surface area contributed by atoms with Crippen molar-refractivity contribution in [3.8, 4) is 0 Å². The smallest absolute Gasteiger partial charge is 0.191 e. The van der Waals surface area contributed by atoms with Gasteiger partial charge < -0.3 is 20.4 Å². The molecule has 0 radical (unpaired) electrons. The first kappa shape index (κ1) is 25.2. The second-order valence-corrected chi connectivity index (χ2v) is 8.16. The van der Waals surface area contributed by atoms with Gasteiger partial charge in [-0.1, -0.05) is 29.8 Å². The van der Waals surface area contributed by atoms with Gasteiger partial charge in [-0.15, -0.1) is 24.0 Å². The molecule has 1 aromatic carbocycles. The molecule has 1 aromatic rings. The van der Waals surface area contributed by atoms with Gasteiger partial charge in [-0.3, -0.25) is 4.99 Å². The summed E-state index contributed by atoms with van der Waals surface area (Å²) in [6.07, 6.45) is 2.36. The monoisotopic (exact) mass is 501 g/mol. The van der Waals surface area contributed by atoms with Crippen molar-refractivity contribution in [1.29, 1.82) is 0 Å². The predicted molar refractivity (Wildman–Crippen MR) is 132 cm³/mol. The van der Waals surface area contributed by atoms with Crippen molar-refractivity contribution in [3.63, 3.8) is 0 Å². The highest BCUT2D eigenvalue weighted by Gasteiger charge is 2.21. The van der Waals surface area contributed by atoms with Crippen LogP contribution < -0.4 is 10.6 Å². The van der Waals surface area contributed by atoms with Crippen molar-refractivity contribution in [2.75, 3.05) is 40.3 Å². The fourth-order valence-corrected chi connectivity index (χ4v) is 3.61. The Labute approximate surface area is 189 Å². The number of aliphatic imine (C=N–C) groups is 1. The van der Waals surface area contributed by atoms with E-state index < -0.39 is 0 Å². The highest BCUT2D eigenvalue weighted by Crippen LogP contribution is 2.19. The molecule has 1 saturated heterocycles. The minimum Gasteiger partial charge on any atom is -0.357 e. The largest absolute Gasteiger partial charge is 0.357 e. The number of likely N-dealkylation sites (N-methyl/N-ethyl adjacent to an activating group) is 1. The Balaban J connectivity index is 0.00000392. The molecule has 6 heteroatoms. The first-order valence-corrected chi connectivity index (χ1v) is 10.4. The normalized spacial score (nSPS) is 17.5. The van der Waals surface area contributed by atoms with Crippen LogP contribution in [-0.4, -0.2) is 68.1 Å². The summed E-state index contributed by atoms with van der Waals surface area (Å²) < 4.78 is 0. The molecular weight excluding hydrogens is 461 g/mol. The fraction of sp³-hybridized carbons (Fsp3) is 0.682. The maximum atomic E-state index is 4.92. The van der Waals surface area contributed by atoms with Crippen molar-refractivity contribution in [1.82, 2.24) is 20.4 Å². The lowest BCUT2D eigenvalue weighted by Crippen LogP contribution is -2.50. The van der Waals surface area contributed by atoms with Gasteiger partial charge in [-0.05, 0) is 60.2 Å². The van der Waals surface area contributed by atoms with Crippen molar-refractivity contribution in [2.24, 2.45) is 4.99 Å². The summed E-state index contributed by atoms with van der Waals surface area (Å²) in [6, 6.07) is 10.2. The second-order valence-electron chi connectivity index (χ2n) is 8.16. The quantitative estimate of drug-likeness (QED) is 0.340. The molecule has 28 heavy (non-hydrogen) atoms. The lowest BCUT2D eigenvalue weighted by Gasteiger charge is -2.35. The molecule has 1 aliphatic rings. The lowest BCUT2D eigenvalue weighted by molar-refractivity contribution is 0.167. The molecule has 1 heterocycles. The van der Waals surface area contributed by atoms with E-state index in [1.165, 1.54) is 37.1 Å². The van der Waals surface area contributed by atoms with Crippen LogP contribution in [0.25, 0.3) is 0 Å². The lowest BCUT2D eigenvalue weighted by atomic mass is 10.0. The molecule has 0 aromatic heterocycles. The summed E-state index contributed by atoms with van der Waals surface area (Å²) in [4.78, 5) is 9.73. The van der Waals surface area contributed by atoms with E-state index in [-0.39, 0.29) is 30.0 Å². The van der Waals surface area contributed by atoms with Gasteiger partial charge in [-0.25, -0.2) is 0 Å². The zero-order valence-corrected chi connectivity index (χ0v) is 20.9. The van der Waals surface area contributed by atoms with E-state index in [9.17, 15) is 0 Å². The summed E-state index contributed by atoms with van der Waals surface area (Å²) in [5, 5.41) is 7.09. The highest BCUT2D eigenvalue weighted by atomic mass is 127. The molecular formula is C22H40IN5. The zero-order chi connectivity index (χ0) is 19.8. The molecule has 5 nitrogen and oxygen atoms in total. The van der Waals surface area contributed by atoms with Crippen LogP contribution in [0.3, 0.4) is 0 Å². The van der Waals surface area contributed by atoms with Gasteiger partial charge in [0.15, 0.2) is 5.96 Å². The number of hydrogen-bond donors (Lipinski definition) is 2. The van der Waals surface area contributed by atoms with Gasteiger partial charge in [0.1, 0.15) is 0 Å². The average Bonchev–Trinajstić information content (AvgIpc) is 2.63. The first-order chi connectivity index (χ1) is 12.9. The van der Waals surface area contributed by atoms with Gasteiger partial charge in [0.25, 0.3) is 0 Å². The van der Waals surface area contributed by atoms with Gasteiger partial charge >= 0.3 is 0 Å². The summed E-state index contributed by atoms with van der Waals surface area (Å²) >= 11 is 0. The minimum absolute atomic E-state index is 0. The number of guanidine groups is 1. The molecule has 1 atom stereocenters. The van der Waals surface area contributed by atoms with E-state index in [4.69, 9.17) is 4.99 Å². The summed E-state index contributed by atoms with van der Waals surface area (Å²) in [7, 11) is 4.25. The van der Waals surface area contributed by atoms with Gasteiger partial charge in [0.05, 0.1) is 12.6 Å². The Morgan fingerprint density at radius 1 is 1.18 bits per heavy atom. The molecule has 2 rings (SSSR count). The van der Waals surface area contributed by atoms with Crippen LogP contribution in [0.1, 0.15) is 50.8 Å². The molecule has 1 fully saturated rings. The maximum Gasteiger partial charge on any atom is 0.191 e. The molecule has 0 spiro atoms. The molecule has 0 amide bonds. The number of nitrogens with one attached hydrogen (secondary N) is 2. The van der Waals surface area contributed by atoms with E-state index in [1.54, 1.807) is 0 Å². The number of likely N-dealkylation sites (tertiary alicyclic amines) is 1. The molecule has 1 unspecified atom stereocenters. The Kier molecular flexibility index (Phi) is 11.4. The summed E-state index contributed by atoms with van der Waals surface area (Å²) in [5.41, 5.74) is 2.61. The molecule has 0 bridgehead atoms. The van der Waals surface area contributed by atoms with Crippen LogP contribution in [0.4, 0.5) is 0 Å². The third-order valence-electron chi connectivity index (χ3n) is 5.45. The molecule has 160 valence electrons. The number of aryl methyl sites for hydroxylation is 1. The van der Waals surface area contributed by atoms with Crippen LogP contribution in [-0.2, 0) is 0 Å². The molecule has 1 aliphatic heterocycles. The van der Waals surface area contributed by atoms with Crippen molar-refractivity contribution < 1.29 is 0 Å². The SMILES string of the molecule is CCNC(=NCC(c1ccc(C)cc1)N(C)C)NC1CCN(C(C)C)CC1.I. The molecule has 0 saturated carbocycles. The highest BCUT2D eigenvalue weighted by molar-refractivity contribution is 14.0. The van der Waals surface area contributed by atoms with E-state index >= 15 is 0 Å². The van der Waals surface area contributed by atoms with Gasteiger partial charge in [0.2, 0.25) is 0 Å². The summed E-state index contributed by atoms with van der Waals surface area (Å²) in [6.45, 7) is 12.8. The minimum atomic E-state index is 0.